The molecular weight excluding hydrogens is 314 g/mol. The molecule has 0 amide bonds. The highest BCUT2D eigenvalue weighted by molar-refractivity contribution is 5.14. The molecular formula is C20H23N3O2. The van der Waals surface area contributed by atoms with Gasteiger partial charge in [0, 0.05) is 16.9 Å². The summed E-state index contributed by atoms with van der Waals surface area (Å²) in [6.45, 7) is 1.78. The molecule has 3 rings (SSSR count). The first-order valence-electron chi connectivity index (χ1n) is 8.66. The van der Waals surface area contributed by atoms with Crippen LogP contribution in [0.1, 0.15) is 24.0 Å². The third-order valence-electron chi connectivity index (χ3n) is 4.57. The summed E-state index contributed by atoms with van der Waals surface area (Å²) < 4.78 is 12.0. The van der Waals surface area contributed by atoms with Gasteiger partial charge in [0.15, 0.2) is 0 Å². The minimum absolute atomic E-state index is 0.00361. The van der Waals surface area contributed by atoms with Gasteiger partial charge in [0.05, 0.1) is 25.9 Å². The second-order valence-electron chi connectivity index (χ2n) is 6.43. The molecule has 1 aliphatic carbocycles. The Morgan fingerprint density at radius 2 is 1.56 bits per heavy atom. The molecule has 1 fully saturated rings. The third kappa shape index (κ3) is 5.33. The van der Waals surface area contributed by atoms with E-state index in [9.17, 15) is 0 Å². The Bertz CT molecular complexity index is 687. The molecule has 2 aromatic rings. The predicted octanol–water partition coefficient (Wildman–Crippen LogP) is 4.88. The maximum absolute atomic E-state index is 8.72. The van der Waals surface area contributed by atoms with Gasteiger partial charge in [-0.25, -0.2) is 0 Å². The Morgan fingerprint density at radius 3 is 2.20 bits per heavy atom. The highest BCUT2D eigenvalue weighted by Gasteiger charge is 2.34. The molecule has 0 heterocycles. The van der Waals surface area contributed by atoms with Crippen LogP contribution in [0.4, 0.5) is 0 Å². The monoisotopic (exact) mass is 337 g/mol. The van der Waals surface area contributed by atoms with Crippen LogP contribution in [0.25, 0.3) is 10.4 Å². The van der Waals surface area contributed by atoms with E-state index in [4.69, 9.17) is 15.0 Å². The largest absolute Gasteiger partial charge is 0.376 e. The van der Waals surface area contributed by atoms with E-state index in [1.54, 1.807) is 0 Å². The van der Waals surface area contributed by atoms with E-state index < -0.39 is 0 Å². The van der Waals surface area contributed by atoms with Crippen molar-refractivity contribution in [1.82, 2.24) is 0 Å². The first-order chi connectivity index (χ1) is 12.3. The lowest BCUT2D eigenvalue weighted by Crippen LogP contribution is -2.22. The molecule has 0 saturated heterocycles. The first-order valence-corrected chi connectivity index (χ1v) is 8.66. The van der Waals surface area contributed by atoms with Gasteiger partial charge in [-0.1, -0.05) is 65.8 Å². The highest BCUT2D eigenvalue weighted by Crippen LogP contribution is 2.32. The van der Waals surface area contributed by atoms with Crippen molar-refractivity contribution in [2.45, 2.75) is 38.2 Å². The molecule has 0 aliphatic heterocycles. The lowest BCUT2D eigenvalue weighted by atomic mass is 10.1. The van der Waals surface area contributed by atoms with Crippen LogP contribution >= 0.6 is 0 Å². The number of nitrogens with zero attached hydrogens (tertiary/aromatic N) is 3. The van der Waals surface area contributed by atoms with Gasteiger partial charge in [0.25, 0.3) is 0 Å². The molecule has 5 heteroatoms. The summed E-state index contributed by atoms with van der Waals surface area (Å²) in [4.78, 5) is 2.96. The SMILES string of the molecule is [N-]=[N+]=N[C@@H]1C[C@H](COCc2ccccc2)[C@@H](OCc2ccccc2)C1. The van der Waals surface area contributed by atoms with Crippen molar-refractivity contribution >= 4 is 0 Å². The van der Waals surface area contributed by atoms with Crippen LogP contribution < -0.4 is 0 Å². The lowest BCUT2D eigenvalue weighted by Gasteiger charge is -2.20. The van der Waals surface area contributed by atoms with Crippen LogP contribution in [-0.4, -0.2) is 18.8 Å². The second kappa shape index (κ2) is 9.23. The van der Waals surface area contributed by atoms with E-state index in [2.05, 4.69) is 34.3 Å². The second-order valence-corrected chi connectivity index (χ2v) is 6.43. The van der Waals surface area contributed by atoms with Crippen LogP contribution in [0.15, 0.2) is 65.8 Å². The average molecular weight is 337 g/mol. The molecule has 0 radical (unpaired) electrons. The van der Waals surface area contributed by atoms with Crippen molar-refractivity contribution in [3.8, 4) is 0 Å². The summed E-state index contributed by atoms with van der Waals surface area (Å²) in [5, 5.41) is 3.89. The maximum Gasteiger partial charge on any atom is 0.0720 e. The molecule has 3 atom stereocenters. The van der Waals surface area contributed by atoms with E-state index in [1.165, 1.54) is 0 Å². The molecule has 0 N–H and O–H groups in total. The van der Waals surface area contributed by atoms with E-state index in [0.29, 0.717) is 19.8 Å². The van der Waals surface area contributed by atoms with Crippen LogP contribution in [0.2, 0.25) is 0 Å². The van der Waals surface area contributed by atoms with Crippen LogP contribution in [0.5, 0.6) is 0 Å². The number of azide groups is 1. The Hall–Kier alpha value is -2.33. The summed E-state index contributed by atoms with van der Waals surface area (Å²) in [5.41, 5.74) is 11.0. The van der Waals surface area contributed by atoms with Crippen molar-refractivity contribution in [2.75, 3.05) is 6.61 Å². The van der Waals surface area contributed by atoms with Crippen molar-refractivity contribution in [2.24, 2.45) is 11.0 Å². The van der Waals surface area contributed by atoms with Gasteiger partial charge in [-0.15, -0.1) is 0 Å². The normalized spacial score (nSPS) is 22.5. The molecule has 1 aliphatic rings. The quantitative estimate of drug-likeness (QED) is 0.391. The van der Waals surface area contributed by atoms with Crippen LogP contribution in [-0.2, 0) is 22.7 Å². The summed E-state index contributed by atoms with van der Waals surface area (Å²) in [6, 6.07) is 20.3. The zero-order chi connectivity index (χ0) is 17.3. The number of hydrogen-bond acceptors (Lipinski definition) is 3. The van der Waals surface area contributed by atoms with Crippen LogP contribution in [0, 0.1) is 5.92 Å². The molecule has 130 valence electrons. The Kier molecular flexibility index (Phi) is 6.46. The average Bonchev–Trinajstić information content (AvgIpc) is 3.04. The van der Waals surface area contributed by atoms with Gasteiger partial charge in [-0.2, -0.15) is 0 Å². The smallest absolute Gasteiger partial charge is 0.0720 e. The van der Waals surface area contributed by atoms with E-state index in [0.717, 1.165) is 24.0 Å². The topological polar surface area (TPSA) is 67.2 Å². The molecule has 0 aromatic heterocycles. The fourth-order valence-corrected chi connectivity index (χ4v) is 3.28. The number of ether oxygens (including phenoxy) is 2. The summed E-state index contributed by atoms with van der Waals surface area (Å²) in [5.74, 6) is 0.253. The fraction of sp³-hybridized carbons (Fsp3) is 0.400. The van der Waals surface area contributed by atoms with Crippen molar-refractivity contribution < 1.29 is 9.47 Å². The molecule has 1 saturated carbocycles. The molecule has 0 spiro atoms. The van der Waals surface area contributed by atoms with Gasteiger partial charge in [-0.3, -0.25) is 0 Å². The first kappa shape index (κ1) is 17.5. The van der Waals surface area contributed by atoms with Crippen molar-refractivity contribution in [3.05, 3.63) is 82.2 Å². The minimum atomic E-state index is -0.00361. The number of benzene rings is 2. The summed E-state index contributed by atoms with van der Waals surface area (Å²) >= 11 is 0. The maximum atomic E-state index is 8.72. The number of hydrogen-bond donors (Lipinski definition) is 0. The van der Waals surface area contributed by atoms with Gasteiger partial charge in [0.1, 0.15) is 0 Å². The van der Waals surface area contributed by atoms with Crippen LogP contribution in [0.3, 0.4) is 0 Å². The number of rotatable bonds is 8. The molecule has 2 aromatic carbocycles. The molecule has 0 bridgehead atoms. The third-order valence-corrected chi connectivity index (χ3v) is 4.57. The van der Waals surface area contributed by atoms with E-state index in [-0.39, 0.29) is 18.1 Å². The Labute approximate surface area is 148 Å². The minimum Gasteiger partial charge on any atom is -0.376 e. The standard InChI is InChI=1S/C20H23N3O2/c21-23-22-19-11-18(15-24-13-16-7-3-1-4-8-16)20(12-19)25-14-17-9-5-2-6-10-17/h1-10,18-20H,11-15H2/t18-,19-,20+/m1/s1. The van der Waals surface area contributed by atoms with E-state index >= 15 is 0 Å². The molecule has 5 nitrogen and oxygen atoms in total. The van der Waals surface area contributed by atoms with Crippen molar-refractivity contribution in [1.29, 1.82) is 0 Å². The summed E-state index contributed by atoms with van der Waals surface area (Å²) in [7, 11) is 0. The van der Waals surface area contributed by atoms with Crippen molar-refractivity contribution in [3.63, 3.8) is 0 Å². The molecule has 0 unspecified atom stereocenters. The zero-order valence-electron chi connectivity index (χ0n) is 14.2. The zero-order valence-corrected chi connectivity index (χ0v) is 14.2. The summed E-state index contributed by atoms with van der Waals surface area (Å²) in [6.07, 6.45) is 1.64. The highest BCUT2D eigenvalue weighted by atomic mass is 16.5. The van der Waals surface area contributed by atoms with Gasteiger partial charge < -0.3 is 9.47 Å². The Morgan fingerprint density at radius 1 is 0.920 bits per heavy atom. The van der Waals surface area contributed by atoms with Gasteiger partial charge >= 0.3 is 0 Å². The lowest BCUT2D eigenvalue weighted by molar-refractivity contribution is -0.0188. The van der Waals surface area contributed by atoms with E-state index in [1.807, 2.05) is 36.4 Å². The predicted molar refractivity (Wildman–Crippen MR) is 96.8 cm³/mol. The fourth-order valence-electron chi connectivity index (χ4n) is 3.28. The Balaban J connectivity index is 1.53. The molecule has 25 heavy (non-hydrogen) atoms. The van der Waals surface area contributed by atoms with Gasteiger partial charge in [0.2, 0.25) is 0 Å². The van der Waals surface area contributed by atoms with Gasteiger partial charge in [-0.05, 0) is 29.5 Å².